The third-order valence-electron chi connectivity index (χ3n) is 8.00. The highest BCUT2D eigenvalue weighted by atomic mass is 16.2. The van der Waals surface area contributed by atoms with Crippen LogP contribution in [0.1, 0.15) is 126 Å². The molecule has 12 nitrogen and oxygen atoms in total. The van der Waals surface area contributed by atoms with Gasteiger partial charge in [0.05, 0.1) is 12.6 Å². The predicted octanol–water partition coefficient (Wildman–Crippen LogP) is 4.38. The van der Waals surface area contributed by atoms with Crippen molar-refractivity contribution >= 4 is 35.4 Å². The molecule has 3 atom stereocenters. The Kier molecular flexibility index (Phi) is 19.8. The molecular formula is C37H66N6O6. The van der Waals surface area contributed by atoms with Crippen molar-refractivity contribution in [3.8, 4) is 0 Å². The van der Waals surface area contributed by atoms with Gasteiger partial charge in [-0.15, -0.1) is 6.58 Å². The van der Waals surface area contributed by atoms with Crippen LogP contribution >= 0.6 is 0 Å². The quantitative estimate of drug-likeness (QED) is 0.142. The highest BCUT2D eigenvalue weighted by Crippen LogP contribution is 2.34. The molecule has 1 heterocycles. The first-order valence-electron chi connectivity index (χ1n) is 18.4. The van der Waals surface area contributed by atoms with E-state index in [0.717, 1.165) is 50.9 Å². The van der Waals surface area contributed by atoms with Gasteiger partial charge in [0.25, 0.3) is 5.91 Å². The predicted molar refractivity (Wildman–Crippen MR) is 193 cm³/mol. The summed E-state index contributed by atoms with van der Waals surface area (Å²) in [5.74, 6) is -1.74. The van der Waals surface area contributed by atoms with Crippen LogP contribution in [0.15, 0.2) is 12.7 Å². The van der Waals surface area contributed by atoms with E-state index in [1.807, 2.05) is 20.8 Å². The number of nitrogens with zero attached hydrogens (tertiary/aromatic N) is 1. The van der Waals surface area contributed by atoms with Crippen molar-refractivity contribution in [3.05, 3.63) is 12.7 Å². The number of rotatable bonds is 13. The van der Waals surface area contributed by atoms with Crippen molar-refractivity contribution in [3.63, 3.8) is 0 Å². The largest absolute Gasteiger partial charge is 0.346 e. The minimum Gasteiger partial charge on any atom is -0.346 e. The first-order chi connectivity index (χ1) is 23.0. The molecule has 6 amide bonds. The van der Waals surface area contributed by atoms with Crippen molar-refractivity contribution in [2.24, 2.45) is 17.8 Å². The molecule has 3 fully saturated rings. The number of carbonyl (C=O) groups is 6. The lowest BCUT2D eigenvalue weighted by molar-refractivity contribution is -0.142. The molecule has 3 aliphatic rings. The Balaban J connectivity index is 0.00000157. The lowest BCUT2D eigenvalue weighted by Crippen LogP contribution is -2.58. The van der Waals surface area contributed by atoms with E-state index in [4.69, 9.17) is 0 Å². The molecular weight excluding hydrogens is 624 g/mol. The molecule has 0 aromatic heterocycles. The zero-order chi connectivity index (χ0) is 37.1. The van der Waals surface area contributed by atoms with Crippen LogP contribution in [0.3, 0.4) is 0 Å². The first kappa shape index (κ1) is 43.6. The minimum atomic E-state index is -0.964. The van der Waals surface area contributed by atoms with E-state index in [2.05, 4.69) is 67.8 Å². The van der Waals surface area contributed by atoms with Crippen molar-refractivity contribution in [1.29, 1.82) is 0 Å². The highest BCUT2D eigenvalue weighted by Gasteiger charge is 2.39. The van der Waals surface area contributed by atoms with E-state index in [-0.39, 0.29) is 24.9 Å². The Morgan fingerprint density at radius 2 is 1.45 bits per heavy atom. The van der Waals surface area contributed by atoms with Gasteiger partial charge in [0, 0.05) is 18.6 Å². The second-order valence-electron chi connectivity index (χ2n) is 15.2. The summed E-state index contributed by atoms with van der Waals surface area (Å²) in [5, 5.41) is 13.5. The molecule has 3 rings (SSSR count). The maximum Gasteiger partial charge on any atom is 0.315 e. The fourth-order valence-corrected chi connectivity index (χ4v) is 5.69. The number of amides is 6. The van der Waals surface area contributed by atoms with Crippen LogP contribution < -0.4 is 26.6 Å². The number of hydrogen-bond donors (Lipinski definition) is 5. The molecule has 49 heavy (non-hydrogen) atoms. The second-order valence-corrected chi connectivity index (χ2v) is 15.2. The molecule has 0 aromatic carbocycles. The van der Waals surface area contributed by atoms with E-state index in [0.29, 0.717) is 25.8 Å². The third-order valence-corrected chi connectivity index (χ3v) is 8.00. The van der Waals surface area contributed by atoms with Gasteiger partial charge in [0.2, 0.25) is 23.5 Å². The van der Waals surface area contributed by atoms with E-state index in [1.165, 1.54) is 17.4 Å². The summed E-state index contributed by atoms with van der Waals surface area (Å²) >= 11 is 0. The van der Waals surface area contributed by atoms with Crippen molar-refractivity contribution in [2.45, 2.75) is 150 Å². The summed E-state index contributed by atoms with van der Waals surface area (Å²) in [6.45, 7) is 20.0. The fourth-order valence-electron chi connectivity index (χ4n) is 5.69. The Bertz CT molecular complexity index is 1090. The molecule has 0 radical (unpaired) electrons. The normalized spacial score (nSPS) is 18.7. The van der Waals surface area contributed by atoms with Gasteiger partial charge in [0.15, 0.2) is 0 Å². The molecule has 2 saturated carbocycles. The molecule has 0 spiro atoms. The fraction of sp³-hybridized carbons (Fsp3) is 0.784. The van der Waals surface area contributed by atoms with Crippen LogP contribution in [0, 0.1) is 17.8 Å². The topological polar surface area (TPSA) is 166 Å². The first-order valence-corrected chi connectivity index (χ1v) is 18.4. The number of carbonyl (C=O) groups excluding carboxylic acids is 6. The lowest BCUT2D eigenvalue weighted by Gasteiger charge is -2.31. The highest BCUT2D eigenvalue weighted by molar-refractivity contribution is 6.38. The summed E-state index contributed by atoms with van der Waals surface area (Å²) in [6, 6.07) is -2.98. The Morgan fingerprint density at radius 3 is 1.98 bits per heavy atom. The minimum absolute atomic E-state index is 0.0329. The lowest BCUT2D eigenvalue weighted by atomic mass is 9.83. The standard InChI is InChI=1S/C30H48N6O6.C4H10.C3H8/c1-5-15-31-28(41)25(38)21(17-19-13-14-19)33-26(39)22-12-9-16-36(22)23(37)18-32-27(40)24(20-10-7-6-8-11-20)34-29(42)35-30(2,3)4;1-4(2)3;1-3-2/h5,19-22,24H,1,6-18H2,2-4H3,(H,31,41)(H,32,40)(H,33,39)(H2,34,35,42);4H,1-3H3;3H2,1-2H3. The average molecular weight is 691 g/mol. The monoisotopic (exact) mass is 691 g/mol. The smallest absolute Gasteiger partial charge is 0.315 e. The summed E-state index contributed by atoms with van der Waals surface area (Å²) in [5.41, 5.74) is -0.476. The number of ketones is 1. The molecule has 2 aliphatic carbocycles. The molecule has 1 saturated heterocycles. The number of Topliss-reactive ketones (excluding diaryl/α,β-unsaturated/α-hetero) is 1. The number of likely N-dealkylation sites (tertiary alicyclic amines) is 1. The van der Waals surface area contributed by atoms with Gasteiger partial charge < -0.3 is 31.5 Å². The molecule has 12 heteroatoms. The van der Waals surface area contributed by atoms with Gasteiger partial charge in [-0.2, -0.15) is 0 Å². The zero-order valence-electron chi connectivity index (χ0n) is 31.5. The maximum atomic E-state index is 13.3. The SMILES string of the molecule is C=CCNC(=O)C(=O)C(CC1CC1)NC(=O)C1CCCN1C(=O)CNC(=O)C(NC(=O)NC(C)(C)C)C1CCCCC1.CC(C)C.CCC. The van der Waals surface area contributed by atoms with Crippen LogP contribution in [0.2, 0.25) is 0 Å². The van der Waals surface area contributed by atoms with Gasteiger partial charge in [-0.25, -0.2) is 4.79 Å². The molecule has 0 bridgehead atoms. The molecule has 0 aromatic rings. The summed E-state index contributed by atoms with van der Waals surface area (Å²) in [7, 11) is 0. The number of urea groups is 1. The van der Waals surface area contributed by atoms with E-state index in [1.54, 1.807) is 0 Å². The van der Waals surface area contributed by atoms with Gasteiger partial charge in [0.1, 0.15) is 12.1 Å². The van der Waals surface area contributed by atoms with Crippen molar-refractivity contribution < 1.29 is 28.8 Å². The van der Waals surface area contributed by atoms with Crippen LogP contribution in [0.25, 0.3) is 0 Å². The van der Waals surface area contributed by atoms with Crippen LogP contribution in [-0.2, 0) is 24.0 Å². The summed E-state index contributed by atoms with van der Waals surface area (Å²) in [4.78, 5) is 78.8. The van der Waals surface area contributed by atoms with Gasteiger partial charge in [-0.05, 0) is 70.6 Å². The van der Waals surface area contributed by atoms with Crippen molar-refractivity contribution in [2.75, 3.05) is 19.6 Å². The van der Waals surface area contributed by atoms with Crippen LogP contribution in [-0.4, -0.2) is 83.6 Å². The van der Waals surface area contributed by atoms with E-state index >= 15 is 0 Å². The number of nitrogens with one attached hydrogen (secondary N) is 5. The van der Waals surface area contributed by atoms with Gasteiger partial charge in [-0.3, -0.25) is 24.0 Å². The van der Waals surface area contributed by atoms with E-state index in [9.17, 15) is 28.8 Å². The second kappa shape index (κ2) is 22.3. The Morgan fingerprint density at radius 1 is 0.857 bits per heavy atom. The van der Waals surface area contributed by atoms with Crippen LogP contribution in [0.5, 0.6) is 0 Å². The number of hydrogen-bond acceptors (Lipinski definition) is 6. The van der Waals surface area contributed by atoms with Gasteiger partial charge >= 0.3 is 6.03 Å². The van der Waals surface area contributed by atoms with E-state index < -0.39 is 59.1 Å². The Hall–Kier alpha value is -3.44. The molecule has 3 unspecified atom stereocenters. The average Bonchev–Trinajstić information content (AvgIpc) is 3.70. The molecule has 5 N–H and O–H groups in total. The van der Waals surface area contributed by atoms with Gasteiger partial charge in [-0.1, -0.05) is 79.2 Å². The summed E-state index contributed by atoms with van der Waals surface area (Å²) in [6.07, 6.45) is 10.6. The maximum absolute atomic E-state index is 13.3. The molecule has 1 aliphatic heterocycles. The van der Waals surface area contributed by atoms with Crippen molar-refractivity contribution in [1.82, 2.24) is 31.5 Å². The van der Waals surface area contributed by atoms with Crippen LogP contribution in [0.4, 0.5) is 4.79 Å². The third kappa shape index (κ3) is 17.7. The Labute approximate surface area is 295 Å². The zero-order valence-corrected chi connectivity index (χ0v) is 31.5. The summed E-state index contributed by atoms with van der Waals surface area (Å²) < 4.78 is 0. The molecule has 280 valence electrons.